The molecule has 0 saturated heterocycles. The van der Waals surface area contributed by atoms with Gasteiger partial charge in [0.25, 0.3) is 5.91 Å². The predicted molar refractivity (Wildman–Crippen MR) is 93.2 cm³/mol. The molecule has 1 aromatic carbocycles. The first kappa shape index (κ1) is 17.8. The molecule has 7 nitrogen and oxygen atoms in total. The summed E-state index contributed by atoms with van der Waals surface area (Å²) in [6.45, 7) is 2.18. The minimum absolute atomic E-state index is 0.00425. The van der Waals surface area contributed by atoms with Crippen LogP contribution in [0.15, 0.2) is 28.9 Å². The van der Waals surface area contributed by atoms with E-state index in [0.29, 0.717) is 22.5 Å². The van der Waals surface area contributed by atoms with Crippen molar-refractivity contribution < 1.29 is 14.6 Å². The molecule has 2 N–H and O–H groups in total. The summed E-state index contributed by atoms with van der Waals surface area (Å²) in [5, 5.41) is 22.3. The van der Waals surface area contributed by atoms with Crippen LogP contribution < -0.4 is 10.1 Å². The fraction of sp³-hybridized carbons (Fsp3) is 0.200. The van der Waals surface area contributed by atoms with Gasteiger partial charge in [-0.05, 0) is 37.0 Å². The van der Waals surface area contributed by atoms with Crippen molar-refractivity contribution in [2.75, 3.05) is 18.2 Å². The van der Waals surface area contributed by atoms with Gasteiger partial charge in [-0.2, -0.15) is 14.6 Å². The zero-order valence-corrected chi connectivity index (χ0v) is 14.6. The molecule has 0 atom stereocenters. The summed E-state index contributed by atoms with van der Waals surface area (Å²) in [5.41, 5.74) is 0.467. The van der Waals surface area contributed by atoms with Gasteiger partial charge >= 0.3 is 0 Å². The smallest absolute Gasteiger partial charge is 0.268 e. The predicted octanol–water partition coefficient (Wildman–Crippen LogP) is 2.91. The second-order valence-corrected chi connectivity index (χ2v) is 5.90. The monoisotopic (exact) mass is 362 g/mol. The minimum atomic E-state index is -0.577. The standard InChI is InChI=1S/C15H14N4O3S2/c1-3-22-12-7-9(4-5-11(12)20)6-10(8-16)13(21)17-14-18-15(23-2)19-24-14/h4-7,20H,3H2,1-2H3,(H,17,18,19,21). The average Bonchev–Trinajstić information content (AvgIpc) is 3.03. The average molecular weight is 362 g/mol. The van der Waals surface area contributed by atoms with Gasteiger partial charge in [-0.25, -0.2) is 0 Å². The highest BCUT2D eigenvalue weighted by atomic mass is 32.2. The van der Waals surface area contributed by atoms with E-state index in [4.69, 9.17) is 4.74 Å². The van der Waals surface area contributed by atoms with Crippen LogP contribution in [0.5, 0.6) is 11.5 Å². The van der Waals surface area contributed by atoms with Crippen molar-refractivity contribution in [3.05, 3.63) is 29.3 Å². The number of ether oxygens (including phenoxy) is 1. The Morgan fingerprint density at radius 1 is 1.58 bits per heavy atom. The third-order valence-electron chi connectivity index (χ3n) is 2.77. The van der Waals surface area contributed by atoms with Crippen molar-refractivity contribution in [1.82, 2.24) is 9.36 Å². The molecule has 0 unspecified atom stereocenters. The second kappa shape index (κ2) is 8.33. The van der Waals surface area contributed by atoms with Gasteiger partial charge in [-0.15, -0.1) is 0 Å². The van der Waals surface area contributed by atoms with Crippen LogP contribution in [0.25, 0.3) is 6.08 Å². The topological polar surface area (TPSA) is 108 Å². The molecular weight excluding hydrogens is 348 g/mol. The number of carbonyl (C=O) groups excluding carboxylic acids is 1. The SMILES string of the molecule is CCOc1cc(C=C(C#N)C(=O)Nc2nc(SC)ns2)ccc1O. The zero-order valence-electron chi connectivity index (χ0n) is 12.9. The number of benzene rings is 1. The highest BCUT2D eigenvalue weighted by Crippen LogP contribution is 2.28. The summed E-state index contributed by atoms with van der Waals surface area (Å²) in [5.74, 6) is -0.291. The Labute approximate surface area is 147 Å². The van der Waals surface area contributed by atoms with Crippen LogP contribution in [-0.2, 0) is 4.79 Å². The number of hydrogen-bond donors (Lipinski definition) is 2. The van der Waals surface area contributed by atoms with Gasteiger partial charge in [0.15, 0.2) is 11.5 Å². The number of hydrogen-bond acceptors (Lipinski definition) is 8. The maximum Gasteiger partial charge on any atom is 0.268 e. The van der Waals surface area contributed by atoms with Gasteiger partial charge in [-0.3, -0.25) is 10.1 Å². The molecule has 0 aliphatic rings. The minimum Gasteiger partial charge on any atom is -0.504 e. The lowest BCUT2D eigenvalue weighted by Gasteiger charge is -2.06. The largest absolute Gasteiger partial charge is 0.504 e. The number of rotatable bonds is 6. The first-order chi connectivity index (χ1) is 11.6. The molecule has 0 aliphatic heterocycles. The number of phenols is 1. The van der Waals surface area contributed by atoms with Gasteiger partial charge in [0, 0.05) is 11.5 Å². The number of nitriles is 1. The number of amides is 1. The number of carbonyl (C=O) groups is 1. The molecular formula is C15H14N4O3S2. The fourth-order valence-electron chi connectivity index (χ4n) is 1.71. The van der Waals surface area contributed by atoms with E-state index >= 15 is 0 Å². The summed E-state index contributed by atoms with van der Waals surface area (Å²) < 4.78 is 9.31. The van der Waals surface area contributed by atoms with Gasteiger partial charge in [0.05, 0.1) is 6.61 Å². The van der Waals surface area contributed by atoms with Crippen LogP contribution in [0.2, 0.25) is 0 Å². The third kappa shape index (κ3) is 4.47. The highest BCUT2D eigenvalue weighted by Gasteiger charge is 2.13. The maximum absolute atomic E-state index is 12.2. The van der Waals surface area contributed by atoms with Gasteiger partial charge in [0.1, 0.15) is 11.6 Å². The van der Waals surface area contributed by atoms with Crippen molar-refractivity contribution in [2.45, 2.75) is 12.1 Å². The van der Waals surface area contributed by atoms with Crippen LogP contribution in [0.3, 0.4) is 0 Å². The number of anilines is 1. The number of thioether (sulfide) groups is 1. The molecule has 9 heteroatoms. The summed E-state index contributed by atoms with van der Waals surface area (Å²) >= 11 is 2.40. The fourth-order valence-corrected chi connectivity index (χ4v) is 2.84. The van der Waals surface area contributed by atoms with Crippen LogP contribution >= 0.6 is 23.3 Å². The quantitative estimate of drug-likeness (QED) is 0.462. The number of phenolic OH excluding ortho intramolecular Hbond substituents is 1. The van der Waals surface area contributed by atoms with E-state index in [1.807, 2.05) is 12.3 Å². The van der Waals surface area contributed by atoms with Gasteiger partial charge in [-0.1, -0.05) is 17.8 Å². The number of aromatic nitrogens is 2. The number of nitrogens with one attached hydrogen (secondary N) is 1. The molecule has 0 radical (unpaired) electrons. The van der Waals surface area contributed by atoms with E-state index in [-0.39, 0.29) is 17.1 Å². The van der Waals surface area contributed by atoms with Gasteiger partial charge < -0.3 is 9.84 Å². The summed E-state index contributed by atoms with van der Waals surface area (Å²) in [4.78, 5) is 16.3. The number of aromatic hydroxyl groups is 1. The van der Waals surface area contributed by atoms with Gasteiger partial charge in [0.2, 0.25) is 10.3 Å². The third-order valence-corrected chi connectivity index (χ3v) is 4.06. The van der Waals surface area contributed by atoms with E-state index < -0.39 is 5.91 Å². The molecule has 0 aliphatic carbocycles. The van der Waals surface area contributed by atoms with E-state index in [9.17, 15) is 15.2 Å². The first-order valence-electron chi connectivity index (χ1n) is 6.84. The molecule has 0 fully saturated rings. The van der Waals surface area contributed by atoms with Crippen molar-refractivity contribution in [1.29, 1.82) is 5.26 Å². The maximum atomic E-state index is 12.2. The molecule has 0 bridgehead atoms. The van der Waals surface area contributed by atoms with E-state index in [2.05, 4.69) is 14.7 Å². The van der Waals surface area contributed by atoms with E-state index in [1.165, 1.54) is 23.9 Å². The lowest BCUT2D eigenvalue weighted by atomic mass is 10.1. The van der Waals surface area contributed by atoms with Crippen LogP contribution in [0.4, 0.5) is 5.13 Å². The normalized spacial score (nSPS) is 11.0. The summed E-state index contributed by atoms with van der Waals surface area (Å²) in [6.07, 6.45) is 3.24. The Hall–Kier alpha value is -2.57. The Morgan fingerprint density at radius 2 is 2.38 bits per heavy atom. The van der Waals surface area contributed by atoms with E-state index in [0.717, 1.165) is 11.5 Å². The first-order valence-corrected chi connectivity index (χ1v) is 8.83. The lowest BCUT2D eigenvalue weighted by Crippen LogP contribution is -2.13. The molecule has 124 valence electrons. The van der Waals surface area contributed by atoms with E-state index in [1.54, 1.807) is 19.1 Å². The molecule has 24 heavy (non-hydrogen) atoms. The zero-order chi connectivity index (χ0) is 17.5. The Kier molecular flexibility index (Phi) is 6.17. The molecule has 0 saturated carbocycles. The van der Waals surface area contributed by atoms with Crippen molar-refractivity contribution in [3.8, 4) is 17.6 Å². The van der Waals surface area contributed by atoms with Crippen LogP contribution in [0, 0.1) is 11.3 Å². The highest BCUT2D eigenvalue weighted by molar-refractivity contribution is 7.98. The Morgan fingerprint density at radius 3 is 3.00 bits per heavy atom. The molecule has 2 aromatic rings. The van der Waals surface area contributed by atoms with Crippen molar-refractivity contribution in [2.24, 2.45) is 0 Å². The lowest BCUT2D eigenvalue weighted by molar-refractivity contribution is -0.112. The summed E-state index contributed by atoms with van der Waals surface area (Å²) in [7, 11) is 0. The molecule has 1 heterocycles. The Balaban J connectivity index is 2.20. The molecule has 0 spiro atoms. The Bertz CT molecular complexity index is 811. The second-order valence-electron chi connectivity index (χ2n) is 4.37. The van der Waals surface area contributed by atoms with Crippen molar-refractivity contribution in [3.63, 3.8) is 0 Å². The van der Waals surface area contributed by atoms with Crippen LogP contribution in [-0.4, -0.2) is 33.2 Å². The molecule has 1 aromatic heterocycles. The van der Waals surface area contributed by atoms with Crippen molar-refractivity contribution >= 4 is 40.4 Å². The van der Waals surface area contributed by atoms with Crippen LogP contribution in [0.1, 0.15) is 12.5 Å². The summed E-state index contributed by atoms with van der Waals surface area (Å²) in [6, 6.07) is 6.44. The molecule has 2 rings (SSSR count). The number of nitrogens with zero attached hydrogens (tertiary/aromatic N) is 3. The molecule has 1 amide bonds.